The molecule has 0 radical (unpaired) electrons. The van der Waals surface area contributed by atoms with Crippen LogP contribution < -0.4 is 5.32 Å². The summed E-state index contributed by atoms with van der Waals surface area (Å²) in [7, 11) is 0. The van der Waals surface area contributed by atoms with E-state index in [0.717, 1.165) is 16.8 Å². The number of anilines is 2. The van der Waals surface area contributed by atoms with Gasteiger partial charge in [0.1, 0.15) is 5.82 Å². The van der Waals surface area contributed by atoms with Gasteiger partial charge in [-0.05, 0) is 30.3 Å². The predicted molar refractivity (Wildman–Crippen MR) is 76.4 cm³/mol. The van der Waals surface area contributed by atoms with Gasteiger partial charge in [0, 0.05) is 39.6 Å². The van der Waals surface area contributed by atoms with Crippen molar-refractivity contribution in [2.75, 3.05) is 5.32 Å². The van der Waals surface area contributed by atoms with Crippen molar-refractivity contribution in [3.05, 3.63) is 65.7 Å². The fourth-order valence-electron chi connectivity index (χ4n) is 2.01. The average molecular weight is 273 g/mol. The first kappa shape index (κ1) is 11.9. The van der Waals surface area contributed by atoms with E-state index in [1.54, 1.807) is 24.5 Å². The molecule has 4 heteroatoms. The molecule has 1 aromatic heterocycles. The number of aromatic nitrogens is 1. The summed E-state index contributed by atoms with van der Waals surface area (Å²) in [5.74, 6) is -0.319. The minimum Gasteiger partial charge on any atom is -0.355 e. The monoisotopic (exact) mass is 272 g/mol. The molecule has 0 aliphatic heterocycles. The summed E-state index contributed by atoms with van der Waals surface area (Å²) in [6.07, 6.45) is 3.39. The Bertz CT molecular complexity index is 729. The molecule has 2 nitrogen and oxygen atoms in total. The largest absolute Gasteiger partial charge is 0.355 e. The van der Waals surface area contributed by atoms with Crippen molar-refractivity contribution in [3.63, 3.8) is 0 Å². The van der Waals surface area contributed by atoms with Crippen molar-refractivity contribution in [1.29, 1.82) is 0 Å². The van der Waals surface area contributed by atoms with Crippen LogP contribution in [-0.4, -0.2) is 4.98 Å². The predicted octanol–water partition coefficient (Wildman–Crippen LogP) is 4.77. The van der Waals surface area contributed by atoms with Gasteiger partial charge in [-0.25, -0.2) is 4.39 Å². The van der Waals surface area contributed by atoms with E-state index in [4.69, 9.17) is 11.6 Å². The van der Waals surface area contributed by atoms with Crippen molar-refractivity contribution in [3.8, 4) is 0 Å². The minimum atomic E-state index is -0.319. The molecule has 0 aliphatic carbocycles. The number of fused-ring (bicyclic) bond motifs is 1. The number of nitrogens with one attached hydrogen (secondary N) is 1. The zero-order valence-electron chi connectivity index (χ0n) is 9.90. The van der Waals surface area contributed by atoms with Crippen molar-refractivity contribution >= 4 is 33.7 Å². The standard InChI is InChI=1S/C15H10ClFN2/c16-10-8-13-12(14(17)9-10)2-1-3-15(13)19-11-4-6-18-7-5-11/h1-9H,(H,18,19). The summed E-state index contributed by atoms with van der Waals surface area (Å²) in [4.78, 5) is 3.96. The van der Waals surface area contributed by atoms with Gasteiger partial charge in [0.2, 0.25) is 0 Å². The number of pyridine rings is 1. The average Bonchev–Trinajstić information content (AvgIpc) is 2.41. The zero-order chi connectivity index (χ0) is 13.2. The van der Waals surface area contributed by atoms with Crippen LogP contribution in [0.3, 0.4) is 0 Å². The maximum absolute atomic E-state index is 13.8. The Morgan fingerprint density at radius 3 is 2.58 bits per heavy atom. The lowest BCUT2D eigenvalue weighted by atomic mass is 10.1. The van der Waals surface area contributed by atoms with E-state index < -0.39 is 0 Å². The van der Waals surface area contributed by atoms with Gasteiger partial charge in [0.25, 0.3) is 0 Å². The van der Waals surface area contributed by atoms with E-state index in [9.17, 15) is 4.39 Å². The normalized spacial score (nSPS) is 10.6. The van der Waals surface area contributed by atoms with Gasteiger partial charge >= 0.3 is 0 Å². The molecule has 3 aromatic rings. The number of hydrogen-bond acceptors (Lipinski definition) is 2. The molecule has 0 spiro atoms. The molecular weight excluding hydrogens is 263 g/mol. The molecule has 0 saturated carbocycles. The molecule has 3 rings (SSSR count). The Kier molecular flexibility index (Phi) is 3.05. The Hall–Kier alpha value is -2.13. The topological polar surface area (TPSA) is 24.9 Å². The molecule has 2 aromatic carbocycles. The smallest absolute Gasteiger partial charge is 0.132 e. The highest BCUT2D eigenvalue weighted by molar-refractivity contribution is 6.31. The molecule has 0 fully saturated rings. The first-order valence-corrected chi connectivity index (χ1v) is 6.17. The summed E-state index contributed by atoms with van der Waals surface area (Å²) in [6, 6.07) is 12.2. The fraction of sp³-hybridized carbons (Fsp3) is 0. The van der Waals surface area contributed by atoms with Crippen LogP contribution in [0.15, 0.2) is 54.9 Å². The van der Waals surface area contributed by atoms with E-state index in [-0.39, 0.29) is 5.82 Å². The van der Waals surface area contributed by atoms with Crippen LogP contribution in [0.25, 0.3) is 10.8 Å². The van der Waals surface area contributed by atoms with Crippen LogP contribution >= 0.6 is 11.6 Å². The van der Waals surface area contributed by atoms with E-state index in [0.29, 0.717) is 10.4 Å². The second-order valence-electron chi connectivity index (χ2n) is 4.15. The van der Waals surface area contributed by atoms with Crippen LogP contribution in [0.2, 0.25) is 5.02 Å². The van der Waals surface area contributed by atoms with Crippen LogP contribution in [0.4, 0.5) is 15.8 Å². The third kappa shape index (κ3) is 2.37. The molecule has 0 bridgehead atoms. The van der Waals surface area contributed by atoms with Gasteiger partial charge in [-0.1, -0.05) is 23.7 Å². The molecule has 1 N–H and O–H groups in total. The van der Waals surface area contributed by atoms with Crippen LogP contribution in [0, 0.1) is 5.82 Å². The second kappa shape index (κ2) is 4.86. The number of hydrogen-bond donors (Lipinski definition) is 1. The lowest BCUT2D eigenvalue weighted by molar-refractivity contribution is 0.640. The Morgan fingerprint density at radius 1 is 1.00 bits per heavy atom. The van der Waals surface area contributed by atoms with E-state index in [2.05, 4.69) is 10.3 Å². The Labute approximate surface area is 114 Å². The quantitative estimate of drug-likeness (QED) is 0.727. The zero-order valence-corrected chi connectivity index (χ0v) is 10.7. The lowest BCUT2D eigenvalue weighted by Gasteiger charge is -2.10. The molecule has 0 unspecified atom stereocenters. The van der Waals surface area contributed by atoms with Gasteiger partial charge < -0.3 is 5.32 Å². The summed E-state index contributed by atoms with van der Waals surface area (Å²) < 4.78 is 13.8. The van der Waals surface area contributed by atoms with E-state index in [1.807, 2.05) is 24.3 Å². The minimum absolute atomic E-state index is 0.319. The Morgan fingerprint density at radius 2 is 1.79 bits per heavy atom. The molecule has 19 heavy (non-hydrogen) atoms. The van der Waals surface area contributed by atoms with Crippen LogP contribution in [0.1, 0.15) is 0 Å². The lowest BCUT2D eigenvalue weighted by Crippen LogP contribution is -1.92. The fourth-order valence-corrected chi connectivity index (χ4v) is 2.21. The first-order valence-electron chi connectivity index (χ1n) is 5.79. The van der Waals surface area contributed by atoms with Crippen LogP contribution in [-0.2, 0) is 0 Å². The van der Waals surface area contributed by atoms with Crippen molar-refractivity contribution in [2.24, 2.45) is 0 Å². The number of rotatable bonds is 2. The Balaban J connectivity index is 2.14. The molecule has 0 atom stereocenters. The molecule has 0 amide bonds. The van der Waals surface area contributed by atoms with Crippen molar-refractivity contribution in [1.82, 2.24) is 4.98 Å². The second-order valence-corrected chi connectivity index (χ2v) is 4.59. The SMILES string of the molecule is Fc1cc(Cl)cc2c(Nc3ccncc3)cccc12. The van der Waals surface area contributed by atoms with Crippen molar-refractivity contribution < 1.29 is 4.39 Å². The maximum atomic E-state index is 13.8. The highest BCUT2D eigenvalue weighted by Crippen LogP contribution is 2.30. The van der Waals surface area contributed by atoms with E-state index in [1.165, 1.54) is 6.07 Å². The third-order valence-electron chi connectivity index (χ3n) is 2.87. The third-order valence-corrected chi connectivity index (χ3v) is 3.09. The molecule has 94 valence electrons. The molecule has 0 saturated heterocycles. The summed E-state index contributed by atoms with van der Waals surface area (Å²) in [5.41, 5.74) is 1.70. The number of nitrogens with zero attached hydrogens (tertiary/aromatic N) is 1. The maximum Gasteiger partial charge on any atom is 0.132 e. The summed E-state index contributed by atoms with van der Waals surface area (Å²) in [5, 5.41) is 4.92. The molecule has 0 aliphatic rings. The number of benzene rings is 2. The highest BCUT2D eigenvalue weighted by atomic mass is 35.5. The molecular formula is C15H10ClFN2. The van der Waals surface area contributed by atoms with Gasteiger partial charge in [-0.2, -0.15) is 0 Å². The van der Waals surface area contributed by atoms with E-state index >= 15 is 0 Å². The van der Waals surface area contributed by atoms with Gasteiger partial charge in [-0.15, -0.1) is 0 Å². The summed E-state index contributed by atoms with van der Waals surface area (Å²) in [6.45, 7) is 0. The highest BCUT2D eigenvalue weighted by Gasteiger charge is 2.07. The molecule has 1 heterocycles. The first-order chi connectivity index (χ1) is 9.24. The van der Waals surface area contributed by atoms with Crippen molar-refractivity contribution in [2.45, 2.75) is 0 Å². The van der Waals surface area contributed by atoms with Gasteiger partial charge in [0.05, 0.1) is 0 Å². The van der Waals surface area contributed by atoms with Crippen LogP contribution in [0.5, 0.6) is 0 Å². The van der Waals surface area contributed by atoms with Gasteiger partial charge in [0.15, 0.2) is 0 Å². The summed E-state index contributed by atoms with van der Waals surface area (Å²) >= 11 is 5.92. The van der Waals surface area contributed by atoms with Gasteiger partial charge in [-0.3, -0.25) is 4.98 Å². The number of halogens is 2.